The zero-order valence-corrected chi connectivity index (χ0v) is 15.1. The van der Waals surface area contributed by atoms with Crippen molar-refractivity contribution in [3.63, 3.8) is 0 Å². The summed E-state index contributed by atoms with van der Waals surface area (Å²) in [5.74, 6) is -0.709. The lowest BCUT2D eigenvalue weighted by Gasteiger charge is -2.19. The van der Waals surface area contributed by atoms with Gasteiger partial charge in [0.2, 0.25) is 0 Å². The second-order valence-electron chi connectivity index (χ2n) is 6.87. The average molecular weight is 365 g/mol. The average Bonchev–Trinajstić information content (AvgIpc) is 2.54. The molecule has 2 aromatic carbocycles. The molecule has 7 heteroatoms. The van der Waals surface area contributed by atoms with E-state index in [1.807, 2.05) is 20.8 Å². The molecular weight excluding hydrogens is 345 g/mol. The highest BCUT2D eigenvalue weighted by atomic mass is 32.2. The van der Waals surface area contributed by atoms with Gasteiger partial charge in [-0.25, -0.2) is 12.8 Å². The molecule has 0 saturated carbocycles. The molecular formula is C18H20FNO4S. The summed E-state index contributed by atoms with van der Waals surface area (Å²) < 4.78 is 39.2. The number of non-ortho nitro benzene ring substituents is 1. The van der Waals surface area contributed by atoms with Gasteiger partial charge in [-0.2, -0.15) is 0 Å². The lowest BCUT2D eigenvalue weighted by Crippen LogP contribution is -2.14. The highest BCUT2D eigenvalue weighted by Gasteiger charge is 2.23. The Morgan fingerprint density at radius 1 is 1.04 bits per heavy atom. The summed E-state index contributed by atoms with van der Waals surface area (Å²) in [7, 11) is -3.81. The van der Waals surface area contributed by atoms with Gasteiger partial charge in [0.05, 0.1) is 15.6 Å². The van der Waals surface area contributed by atoms with Crippen LogP contribution in [-0.2, 0) is 15.3 Å². The van der Waals surface area contributed by atoms with Gasteiger partial charge < -0.3 is 0 Å². The second kappa shape index (κ2) is 6.92. The van der Waals surface area contributed by atoms with E-state index in [9.17, 15) is 22.9 Å². The van der Waals surface area contributed by atoms with Crippen molar-refractivity contribution in [1.29, 1.82) is 0 Å². The van der Waals surface area contributed by atoms with Gasteiger partial charge >= 0.3 is 0 Å². The molecule has 0 aliphatic carbocycles. The molecule has 134 valence electrons. The number of nitro benzene ring substituents is 1. The van der Waals surface area contributed by atoms with Gasteiger partial charge in [-0.1, -0.05) is 32.9 Å². The highest BCUT2D eigenvalue weighted by molar-refractivity contribution is 7.91. The van der Waals surface area contributed by atoms with Crippen molar-refractivity contribution in [1.82, 2.24) is 0 Å². The molecule has 1 atom stereocenters. The van der Waals surface area contributed by atoms with Gasteiger partial charge in [0, 0.05) is 12.1 Å². The first-order valence-corrected chi connectivity index (χ1v) is 9.38. The third-order valence-corrected chi connectivity index (χ3v) is 5.63. The number of nitro groups is 1. The number of benzene rings is 2. The molecule has 25 heavy (non-hydrogen) atoms. The standard InChI is InChI=1S/C18H20FNO4S/c1-18(2,3)14-6-10-16(11-7-14)25(23,24)12-17(19)13-4-8-15(9-5-13)20(21)22/h4-11,17H,12H2,1-3H3. The molecule has 0 N–H and O–H groups in total. The number of alkyl halides is 1. The molecule has 0 radical (unpaired) electrons. The van der Waals surface area contributed by atoms with Gasteiger partial charge in [-0.3, -0.25) is 10.1 Å². The minimum Gasteiger partial charge on any atom is -0.258 e. The molecule has 0 bridgehead atoms. The van der Waals surface area contributed by atoms with Crippen LogP contribution in [0.15, 0.2) is 53.4 Å². The van der Waals surface area contributed by atoms with E-state index < -0.39 is 26.7 Å². The van der Waals surface area contributed by atoms with E-state index in [0.717, 1.165) is 17.7 Å². The SMILES string of the molecule is CC(C)(C)c1ccc(S(=O)(=O)CC(F)c2ccc([N+](=O)[O-])cc2)cc1. The Labute approximate surface area is 146 Å². The number of rotatable bonds is 5. The van der Waals surface area contributed by atoms with Crippen molar-refractivity contribution < 1.29 is 17.7 Å². The summed E-state index contributed by atoms with van der Waals surface area (Å²) in [5.41, 5.74) is 0.805. The maximum absolute atomic E-state index is 14.4. The van der Waals surface area contributed by atoms with E-state index in [1.165, 1.54) is 24.3 Å². The predicted molar refractivity (Wildman–Crippen MR) is 94.1 cm³/mol. The van der Waals surface area contributed by atoms with Gasteiger partial charge in [-0.05, 0) is 40.8 Å². The van der Waals surface area contributed by atoms with E-state index in [-0.39, 0.29) is 21.6 Å². The van der Waals surface area contributed by atoms with E-state index >= 15 is 0 Å². The molecule has 0 aromatic heterocycles. The normalized spacial score (nSPS) is 13.4. The quantitative estimate of drug-likeness (QED) is 0.582. The van der Waals surface area contributed by atoms with E-state index in [4.69, 9.17) is 0 Å². The molecule has 0 saturated heterocycles. The van der Waals surface area contributed by atoms with Crippen LogP contribution in [0.1, 0.15) is 38.1 Å². The number of hydrogen-bond acceptors (Lipinski definition) is 4. The number of halogens is 1. The number of nitrogens with zero attached hydrogens (tertiary/aromatic N) is 1. The molecule has 1 unspecified atom stereocenters. The van der Waals surface area contributed by atoms with Gasteiger partial charge in [-0.15, -0.1) is 0 Å². The minimum absolute atomic E-state index is 0.0602. The maximum Gasteiger partial charge on any atom is 0.269 e. The summed E-state index contributed by atoms with van der Waals surface area (Å²) in [6.07, 6.45) is -1.76. The largest absolute Gasteiger partial charge is 0.269 e. The summed E-state index contributed by atoms with van der Waals surface area (Å²) in [6.45, 7) is 6.05. The Kier molecular flexibility index (Phi) is 5.27. The third kappa shape index (κ3) is 4.63. The Bertz CT molecular complexity index is 853. The fourth-order valence-corrected chi connectivity index (χ4v) is 3.67. The Balaban J connectivity index is 2.18. The number of hydrogen-bond donors (Lipinski definition) is 0. The summed E-state index contributed by atoms with van der Waals surface area (Å²) in [5, 5.41) is 10.6. The molecule has 0 fully saturated rings. The first-order chi connectivity index (χ1) is 11.5. The van der Waals surface area contributed by atoms with Crippen LogP contribution in [0.5, 0.6) is 0 Å². The summed E-state index contributed by atoms with van der Waals surface area (Å²) in [4.78, 5) is 10.1. The van der Waals surface area contributed by atoms with Crippen LogP contribution in [0.2, 0.25) is 0 Å². The van der Waals surface area contributed by atoms with Gasteiger partial charge in [0.1, 0.15) is 6.17 Å². The van der Waals surface area contributed by atoms with Crippen LogP contribution in [-0.4, -0.2) is 19.1 Å². The van der Waals surface area contributed by atoms with Crippen molar-refractivity contribution in [2.45, 2.75) is 37.3 Å². The van der Waals surface area contributed by atoms with Crippen LogP contribution >= 0.6 is 0 Å². The first kappa shape index (κ1) is 19.1. The molecule has 0 spiro atoms. The fraction of sp³-hybridized carbons (Fsp3) is 0.333. The van der Waals surface area contributed by atoms with Crippen molar-refractivity contribution in [2.75, 3.05) is 5.75 Å². The molecule has 2 aromatic rings. The Morgan fingerprint density at radius 3 is 2.00 bits per heavy atom. The van der Waals surface area contributed by atoms with Crippen LogP contribution in [0, 0.1) is 10.1 Å². The van der Waals surface area contributed by atoms with Crippen LogP contribution in [0.25, 0.3) is 0 Å². The molecule has 5 nitrogen and oxygen atoms in total. The molecule has 2 rings (SSSR count). The van der Waals surface area contributed by atoms with Crippen LogP contribution < -0.4 is 0 Å². The first-order valence-electron chi connectivity index (χ1n) is 7.72. The predicted octanol–water partition coefficient (Wildman–Crippen LogP) is 4.38. The van der Waals surface area contributed by atoms with Gasteiger partial charge in [0.15, 0.2) is 9.84 Å². The zero-order valence-electron chi connectivity index (χ0n) is 14.3. The van der Waals surface area contributed by atoms with E-state index in [1.54, 1.807) is 12.1 Å². The maximum atomic E-state index is 14.4. The van der Waals surface area contributed by atoms with Crippen LogP contribution in [0.4, 0.5) is 10.1 Å². The molecule has 0 amide bonds. The highest BCUT2D eigenvalue weighted by Crippen LogP contribution is 2.27. The molecule has 0 heterocycles. The smallest absolute Gasteiger partial charge is 0.258 e. The monoisotopic (exact) mass is 365 g/mol. The van der Waals surface area contributed by atoms with Crippen molar-refractivity contribution in [3.05, 3.63) is 69.8 Å². The Morgan fingerprint density at radius 2 is 1.56 bits per heavy atom. The summed E-state index contributed by atoms with van der Waals surface area (Å²) in [6, 6.07) is 11.2. The van der Waals surface area contributed by atoms with Crippen molar-refractivity contribution >= 4 is 15.5 Å². The second-order valence-corrected chi connectivity index (χ2v) is 8.91. The van der Waals surface area contributed by atoms with E-state index in [2.05, 4.69) is 0 Å². The third-order valence-electron chi connectivity index (χ3n) is 3.91. The van der Waals surface area contributed by atoms with Crippen molar-refractivity contribution in [3.8, 4) is 0 Å². The van der Waals surface area contributed by atoms with Crippen molar-refractivity contribution in [2.24, 2.45) is 0 Å². The topological polar surface area (TPSA) is 77.3 Å². The van der Waals surface area contributed by atoms with E-state index in [0.29, 0.717) is 0 Å². The summed E-state index contributed by atoms with van der Waals surface area (Å²) >= 11 is 0. The van der Waals surface area contributed by atoms with Crippen LogP contribution in [0.3, 0.4) is 0 Å². The lowest BCUT2D eigenvalue weighted by atomic mass is 9.87. The molecule has 0 aliphatic heterocycles. The molecule has 0 aliphatic rings. The zero-order chi connectivity index (χ0) is 18.8. The minimum atomic E-state index is -3.81. The Hall–Kier alpha value is -2.28. The number of sulfone groups is 1. The van der Waals surface area contributed by atoms with Gasteiger partial charge in [0.25, 0.3) is 5.69 Å². The lowest BCUT2D eigenvalue weighted by molar-refractivity contribution is -0.384. The fourth-order valence-electron chi connectivity index (χ4n) is 2.35.